The van der Waals surface area contributed by atoms with Crippen molar-refractivity contribution in [3.63, 3.8) is 0 Å². The summed E-state index contributed by atoms with van der Waals surface area (Å²) in [5.41, 5.74) is 1.32. The summed E-state index contributed by atoms with van der Waals surface area (Å²) in [7, 11) is 1.61. The molecule has 33 heavy (non-hydrogen) atoms. The summed E-state index contributed by atoms with van der Waals surface area (Å²) < 4.78 is 6.30. The molecule has 4 rings (SSSR count). The van der Waals surface area contributed by atoms with Gasteiger partial charge in [-0.15, -0.1) is 12.4 Å². The van der Waals surface area contributed by atoms with Crippen molar-refractivity contribution < 1.29 is 9.53 Å². The van der Waals surface area contributed by atoms with Crippen LogP contribution in [0.25, 0.3) is 21.0 Å². The van der Waals surface area contributed by atoms with Gasteiger partial charge in [0.15, 0.2) is 5.13 Å². The van der Waals surface area contributed by atoms with Crippen molar-refractivity contribution in [1.29, 1.82) is 0 Å². The molecule has 0 aliphatic carbocycles. The lowest BCUT2D eigenvalue weighted by Gasteiger charge is -2.25. The Balaban J connectivity index is 0.00000306. The van der Waals surface area contributed by atoms with Crippen molar-refractivity contribution in [1.82, 2.24) is 9.88 Å². The van der Waals surface area contributed by atoms with Crippen molar-refractivity contribution in [3.8, 4) is 5.75 Å². The Morgan fingerprint density at radius 1 is 1.03 bits per heavy atom. The van der Waals surface area contributed by atoms with Gasteiger partial charge in [-0.1, -0.05) is 67.1 Å². The molecule has 0 bridgehead atoms. The maximum Gasteiger partial charge on any atom is 0.260 e. The number of rotatable bonds is 8. The number of aromatic nitrogens is 1. The Kier molecular flexibility index (Phi) is 8.54. The summed E-state index contributed by atoms with van der Waals surface area (Å²) in [4.78, 5) is 22.5. The van der Waals surface area contributed by atoms with E-state index in [9.17, 15) is 4.79 Å². The van der Waals surface area contributed by atoms with E-state index in [0.29, 0.717) is 33.5 Å². The Labute approximate surface area is 209 Å². The van der Waals surface area contributed by atoms with E-state index < -0.39 is 0 Å². The van der Waals surface area contributed by atoms with Crippen molar-refractivity contribution in [3.05, 3.63) is 65.2 Å². The van der Waals surface area contributed by atoms with Crippen LogP contribution >= 0.6 is 35.3 Å². The second-order valence-electron chi connectivity index (χ2n) is 7.47. The molecule has 1 heterocycles. The zero-order valence-electron chi connectivity index (χ0n) is 18.9. The number of fused-ring (bicyclic) bond motifs is 2. The Bertz CT molecular complexity index is 1260. The highest BCUT2D eigenvalue weighted by atomic mass is 35.5. The molecule has 174 valence electrons. The fourth-order valence-electron chi connectivity index (χ4n) is 3.76. The van der Waals surface area contributed by atoms with E-state index in [4.69, 9.17) is 21.3 Å². The normalized spacial score (nSPS) is 11.1. The molecule has 0 saturated carbocycles. The standard InChI is InChI=1S/C25H26ClN3O2S.ClH/c1-4-28(5-2)14-15-29(24(30)19-11-10-17-8-6-7-9-18(17)16-19)25-27-22-21(31-3)13-12-20(26)23(22)32-25;/h6-13,16H,4-5,14-15H2,1-3H3;1H. The first-order chi connectivity index (χ1) is 15.5. The van der Waals surface area contributed by atoms with E-state index >= 15 is 0 Å². The van der Waals surface area contributed by atoms with Crippen LogP contribution in [0.5, 0.6) is 5.75 Å². The molecule has 0 fully saturated rings. The van der Waals surface area contributed by atoms with Crippen LogP contribution in [0.3, 0.4) is 0 Å². The van der Waals surface area contributed by atoms with Gasteiger partial charge in [-0.25, -0.2) is 4.98 Å². The van der Waals surface area contributed by atoms with Crippen molar-refractivity contribution in [2.45, 2.75) is 13.8 Å². The van der Waals surface area contributed by atoms with E-state index in [2.05, 4.69) is 18.7 Å². The molecule has 0 unspecified atom stereocenters. The maximum atomic E-state index is 13.7. The molecule has 0 aliphatic heterocycles. The molecule has 0 aliphatic rings. The molecule has 3 aromatic carbocycles. The van der Waals surface area contributed by atoms with Crippen LogP contribution in [0.2, 0.25) is 5.02 Å². The number of ether oxygens (including phenoxy) is 1. The predicted molar refractivity (Wildman–Crippen MR) is 142 cm³/mol. The lowest BCUT2D eigenvalue weighted by atomic mass is 10.1. The van der Waals surface area contributed by atoms with Crippen LogP contribution in [0, 0.1) is 0 Å². The molecule has 4 aromatic rings. The Morgan fingerprint density at radius 2 is 1.76 bits per heavy atom. The van der Waals surface area contributed by atoms with Gasteiger partial charge >= 0.3 is 0 Å². The predicted octanol–water partition coefficient (Wildman–Crippen LogP) is 6.52. The van der Waals surface area contributed by atoms with Crippen LogP contribution in [0.15, 0.2) is 54.6 Å². The number of halogens is 2. The Hall–Kier alpha value is -2.38. The summed E-state index contributed by atoms with van der Waals surface area (Å²) in [5, 5.41) is 3.37. The van der Waals surface area contributed by atoms with Gasteiger partial charge in [0, 0.05) is 18.7 Å². The second-order valence-corrected chi connectivity index (χ2v) is 8.85. The smallest absolute Gasteiger partial charge is 0.260 e. The monoisotopic (exact) mass is 503 g/mol. The van der Waals surface area contributed by atoms with Crippen molar-refractivity contribution >= 4 is 67.4 Å². The van der Waals surface area contributed by atoms with E-state index in [-0.39, 0.29) is 18.3 Å². The molecule has 0 spiro atoms. The van der Waals surface area contributed by atoms with Crippen molar-refractivity contribution in [2.75, 3.05) is 38.2 Å². The van der Waals surface area contributed by atoms with Gasteiger partial charge in [-0.05, 0) is 48.1 Å². The fraction of sp³-hybridized carbons (Fsp3) is 0.280. The number of anilines is 1. The van der Waals surface area contributed by atoms with Crippen LogP contribution in [0.4, 0.5) is 5.13 Å². The molecule has 0 radical (unpaired) electrons. The number of benzene rings is 3. The van der Waals surface area contributed by atoms with Gasteiger partial charge in [0.2, 0.25) is 0 Å². The fourth-order valence-corrected chi connectivity index (χ4v) is 5.05. The van der Waals surface area contributed by atoms with Crippen LogP contribution in [-0.2, 0) is 0 Å². The largest absolute Gasteiger partial charge is 0.494 e. The molecule has 0 atom stereocenters. The first kappa shape index (κ1) is 25.2. The van der Waals surface area contributed by atoms with Crippen LogP contribution in [-0.4, -0.2) is 49.1 Å². The number of amides is 1. The van der Waals surface area contributed by atoms with E-state index in [1.54, 1.807) is 24.1 Å². The maximum absolute atomic E-state index is 13.7. The van der Waals surface area contributed by atoms with Gasteiger partial charge in [-0.3, -0.25) is 9.69 Å². The van der Waals surface area contributed by atoms with Gasteiger partial charge in [0.25, 0.3) is 5.91 Å². The number of carbonyl (C=O) groups is 1. The number of carbonyl (C=O) groups excluding carboxylic acids is 1. The number of hydrogen-bond donors (Lipinski definition) is 0. The van der Waals surface area contributed by atoms with E-state index in [0.717, 1.165) is 35.1 Å². The minimum Gasteiger partial charge on any atom is -0.494 e. The molecule has 1 aromatic heterocycles. The zero-order valence-corrected chi connectivity index (χ0v) is 21.3. The Morgan fingerprint density at radius 3 is 2.45 bits per heavy atom. The first-order valence-electron chi connectivity index (χ1n) is 10.7. The summed E-state index contributed by atoms with van der Waals surface area (Å²) in [6.07, 6.45) is 0. The SMILES string of the molecule is CCN(CC)CCN(C(=O)c1ccc2ccccc2c1)c1nc2c(OC)ccc(Cl)c2s1.Cl. The first-order valence-corrected chi connectivity index (χ1v) is 11.9. The van der Waals surface area contributed by atoms with E-state index in [1.807, 2.05) is 42.5 Å². The van der Waals surface area contributed by atoms with Crippen LogP contribution < -0.4 is 9.64 Å². The highest BCUT2D eigenvalue weighted by Crippen LogP contribution is 2.39. The minimum atomic E-state index is -0.0722. The number of likely N-dealkylation sites (N-methyl/N-ethyl adjacent to an activating group) is 1. The minimum absolute atomic E-state index is 0. The third-order valence-electron chi connectivity index (χ3n) is 5.67. The third-order valence-corrected chi connectivity index (χ3v) is 7.21. The highest BCUT2D eigenvalue weighted by molar-refractivity contribution is 7.23. The summed E-state index contributed by atoms with van der Waals surface area (Å²) in [6.45, 7) is 7.39. The summed E-state index contributed by atoms with van der Waals surface area (Å²) >= 11 is 7.86. The third kappa shape index (κ3) is 5.25. The molecular formula is C25H27Cl2N3O2S. The molecule has 0 saturated heterocycles. The number of thiazole rings is 1. The average Bonchev–Trinajstić information content (AvgIpc) is 3.27. The van der Waals surface area contributed by atoms with Gasteiger partial charge < -0.3 is 9.64 Å². The lowest BCUT2D eigenvalue weighted by molar-refractivity contribution is 0.0984. The quantitative estimate of drug-likeness (QED) is 0.274. The van der Waals surface area contributed by atoms with Gasteiger partial charge in [-0.2, -0.15) is 0 Å². The van der Waals surface area contributed by atoms with E-state index in [1.165, 1.54) is 11.3 Å². The zero-order chi connectivity index (χ0) is 22.7. The summed E-state index contributed by atoms with van der Waals surface area (Å²) in [5.74, 6) is 0.575. The topological polar surface area (TPSA) is 45.7 Å². The number of nitrogens with zero attached hydrogens (tertiary/aromatic N) is 3. The van der Waals surface area contributed by atoms with Crippen molar-refractivity contribution in [2.24, 2.45) is 0 Å². The number of hydrogen-bond acceptors (Lipinski definition) is 5. The second kappa shape index (κ2) is 11.2. The highest BCUT2D eigenvalue weighted by Gasteiger charge is 2.24. The molecular weight excluding hydrogens is 477 g/mol. The van der Waals surface area contributed by atoms with Gasteiger partial charge in [0.05, 0.1) is 16.8 Å². The lowest BCUT2D eigenvalue weighted by Crippen LogP contribution is -2.38. The van der Waals surface area contributed by atoms with Gasteiger partial charge in [0.1, 0.15) is 11.3 Å². The summed E-state index contributed by atoms with van der Waals surface area (Å²) in [6, 6.07) is 17.5. The molecule has 5 nitrogen and oxygen atoms in total. The van der Waals surface area contributed by atoms with Crippen LogP contribution in [0.1, 0.15) is 24.2 Å². The number of methoxy groups -OCH3 is 1. The molecule has 1 amide bonds. The average molecular weight is 504 g/mol. The molecule has 0 N–H and O–H groups in total. The molecule has 8 heteroatoms.